The van der Waals surface area contributed by atoms with Crippen molar-refractivity contribution < 1.29 is 9.32 Å². The fourth-order valence-electron chi connectivity index (χ4n) is 3.44. The molecule has 0 unspecified atom stereocenters. The van der Waals surface area contributed by atoms with Gasteiger partial charge in [-0.25, -0.2) is 15.0 Å². The van der Waals surface area contributed by atoms with Gasteiger partial charge >= 0.3 is 0 Å². The van der Waals surface area contributed by atoms with Crippen molar-refractivity contribution in [3.8, 4) is 0 Å². The van der Waals surface area contributed by atoms with Crippen molar-refractivity contribution in [2.24, 2.45) is 0 Å². The Morgan fingerprint density at radius 3 is 2.78 bits per heavy atom. The third-order valence-electron chi connectivity index (χ3n) is 5.26. The van der Waals surface area contributed by atoms with Crippen molar-refractivity contribution in [3.05, 3.63) is 24.4 Å². The molecule has 142 valence electrons. The van der Waals surface area contributed by atoms with Crippen LogP contribution in [0.1, 0.15) is 37.9 Å². The number of nitrogens with zero attached hydrogens (tertiary/aromatic N) is 7. The van der Waals surface area contributed by atoms with E-state index in [9.17, 15) is 4.79 Å². The molecule has 10 nitrogen and oxygen atoms in total. The van der Waals surface area contributed by atoms with E-state index in [0.717, 1.165) is 12.8 Å². The number of hydrogen-bond acceptors (Lipinski definition) is 8. The molecule has 0 aromatic carbocycles. The maximum Gasteiger partial charge on any atom is 0.232 e. The number of imidazole rings is 1. The summed E-state index contributed by atoms with van der Waals surface area (Å²) in [5, 5.41) is 3.89. The van der Waals surface area contributed by atoms with Crippen molar-refractivity contribution in [1.29, 1.82) is 0 Å². The van der Waals surface area contributed by atoms with Gasteiger partial charge in [0, 0.05) is 26.1 Å². The number of nitrogens with two attached hydrogens (primary N) is 1. The lowest BCUT2D eigenvalue weighted by Gasteiger charge is -2.37. The Kier molecular flexibility index (Phi) is 4.25. The van der Waals surface area contributed by atoms with E-state index in [1.807, 2.05) is 16.4 Å². The smallest absolute Gasteiger partial charge is 0.232 e. The van der Waals surface area contributed by atoms with Crippen molar-refractivity contribution in [3.63, 3.8) is 0 Å². The van der Waals surface area contributed by atoms with Gasteiger partial charge in [-0.1, -0.05) is 12.1 Å². The topological polar surface area (TPSA) is 129 Å². The van der Waals surface area contributed by atoms with E-state index in [-0.39, 0.29) is 11.3 Å². The maximum atomic E-state index is 12.6. The van der Waals surface area contributed by atoms with E-state index in [0.29, 0.717) is 54.8 Å². The van der Waals surface area contributed by atoms with Crippen LogP contribution in [0.15, 0.2) is 17.2 Å². The molecule has 0 saturated carbocycles. The standard InChI is InChI=1S/C17H22N8O2/c1-11-22-16(27-23-11)17(2)4-7-24(8-5-17)12(26)3-6-25-10-21-13-14(18)19-9-20-15(13)25/h9-10H,3-8H2,1-2H3,(H2,18,19,20). The Morgan fingerprint density at radius 2 is 2.07 bits per heavy atom. The van der Waals surface area contributed by atoms with Crippen LogP contribution in [0.25, 0.3) is 11.2 Å². The SMILES string of the molecule is Cc1noc(C2(C)CCN(C(=O)CCn3cnc4c(N)ncnc43)CC2)n1. The first-order valence-electron chi connectivity index (χ1n) is 8.96. The summed E-state index contributed by atoms with van der Waals surface area (Å²) < 4.78 is 7.19. The second kappa shape index (κ2) is 6.60. The molecule has 27 heavy (non-hydrogen) atoms. The molecule has 0 spiro atoms. The molecule has 1 fully saturated rings. The Morgan fingerprint density at radius 1 is 1.30 bits per heavy atom. The van der Waals surface area contributed by atoms with Gasteiger partial charge in [0.1, 0.15) is 11.8 Å². The van der Waals surface area contributed by atoms with E-state index in [1.165, 1.54) is 6.33 Å². The van der Waals surface area contributed by atoms with Crippen LogP contribution in [-0.4, -0.2) is 53.6 Å². The second-order valence-electron chi connectivity index (χ2n) is 7.21. The van der Waals surface area contributed by atoms with Crippen molar-refractivity contribution in [2.45, 2.75) is 45.1 Å². The molecular weight excluding hydrogens is 348 g/mol. The fourth-order valence-corrected chi connectivity index (χ4v) is 3.44. The van der Waals surface area contributed by atoms with Crippen LogP contribution < -0.4 is 5.73 Å². The zero-order chi connectivity index (χ0) is 19.0. The normalized spacial score (nSPS) is 16.7. The van der Waals surface area contributed by atoms with Crippen LogP contribution in [0.2, 0.25) is 0 Å². The van der Waals surface area contributed by atoms with Gasteiger partial charge in [0.15, 0.2) is 17.3 Å². The second-order valence-corrected chi connectivity index (χ2v) is 7.21. The number of amides is 1. The number of carbonyl (C=O) groups is 1. The summed E-state index contributed by atoms with van der Waals surface area (Å²) >= 11 is 0. The molecule has 1 aliphatic heterocycles. The van der Waals surface area contributed by atoms with Crippen LogP contribution in [0.5, 0.6) is 0 Å². The molecule has 0 bridgehead atoms. The molecule has 4 heterocycles. The van der Waals surface area contributed by atoms with Gasteiger partial charge in [0.05, 0.1) is 11.7 Å². The Bertz CT molecular complexity index is 970. The monoisotopic (exact) mass is 370 g/mol. The molecule has 1 amide bonds. The van der Waals surface area contributed by atoms with E-state index in [2.05, 4.69) is 32.0 Å². The minimum absolute atomic E-state index is 0.114. The largest absolute Gasteiger partial charge is 0.382 e. The quantitative estimate of drug-likeness (QED) is 0.722. The van der Waals surface area contributed by atoms with Crippen LogP contribution in [0.3, 0.4) is 0 Å². The summed E-state index contributed by atoms with van der Waals surface area (Å²) in [7, 11) is 0. The van der Waals surface area contributed by atoms with Crippen LogP contribution in [-0.2, 0) is 16.8 Å². The number of nitrogen functional groups attached to an aromatic ring is 1. The predicted octanol–water partition coefficient (Wildman–Crippen LogP) is 1.07. The minimum Gasteiger partial charge on any atom is -0.382 e. The van der Waals surface area contributed by atoms with Gasteiger partial charge in [-0.05, 0) is 19.8 Å². The number of anilines is 1. The molecule has 4 rings (SSSR count). The molecular formula is C17H22N8O2. The summed E-state index contributed by atoms with van der Waals surface area (Å²) in [6.07, 6.45) is 5.04. The minimum atomic E-state index is -0.174. The Balaban J connectivity index is 1.36. The number of carbonyl (C=O) groups excluding carboxylic acids is 1. The average Bonchev–Trinajstić information content (AvgIpc) is 3.28. The zero-order valence-corrected chi connectivity index (χ0v) is 15.4. The first-order chi connectivity index (χ1) is 13.0. The van der Waals surface area contributed by atoms with Gasteiger partial charge in [0.25, 0.3) is 0 Å². The number of likely N-dealkylation sites (tertiary alicyclic amines) is 1. The lowest BCUT2D eigenvalue weighted by molar-refractivity contribution is -0.133. The van der Waals surface area contributed by atoms with E-state index in [1.54, 1.807) is 6.33 Å². The Labute approximate surface area is 155 Å². The summed E-state index contributed by atoms with van der Waals surface area (Å²) in [5.74, 6) is 1.76. The molecule has 0 radical (unpaired) electrons. The first-order valence-corrected chi connectivity index (χ1v) is 8.96. The maximum absolute atomic E-state index is 12.6. The van der Waals surface area contributed by atoms with Crippen LogP contribution >= 0.6 is 0 Å². The fraction of sp³-hybridized carbons (Fsp3) is 0.529. The van der Waals surface area contributed by atoms with E-state index in [4.69, 9.17) is 10.3 Å². The number of aromatic nitrogens is 6. The average molecular weight is 370 g/mol. The number of rotatable bonds is 4. The number of fused-ring (bicyclic) bond motifs is 1. The van der Waals surface area contributed by atoms with E-state index < -0.39 is 0 Å². The van der Waals surface area contributed by atoms with E-state index >= 15 is 0 Å². The summed E-state index contributed by atoms with van der Waals surface area (Å²) in [6, 6.07) is 0. The van der Waals surface area contributed by atoms with Crippen LogP contribution in [0, 0.1) is 6.92 Å². The van der Waals surface area contributed by atoms with Gasteiger partial charge in [-0.15, -0.1) is 0 Å². The molecule has 10 heteroatoms. The number of piperidine rings is 1. The third kappa shape index (κ3) is 3.22. The first kappa shape index (κ1) is 17.4. The Hall–Kier alpha value is -3.04. The highest BCUT2D eigenvalue weighted by Gasteiger charge is 2.37. The van der Waals surface area contributed by atoms with Crippen molar-refractivity contribution >= 4 is 22.9 Å². The van der Waals surface area contributed by atoms with Gasteiger partial charge < -0.3 is 19.7 Å². The lowest BCUT2D eigenvalue weighted by atomic mass is 9.80. The molecule has 1 saturated heterocycles. The highest BCUT2D eigenvalue weighted by molar-refractivity contribution is 5.81. The summed E-state index contributed by atoms with van der Waals surface area (Å²) in [4.78, 5) is 31.3. The van der Waals surface area contributed by atoms with Crippen molar-refractivity contribution in [2.75, 3.05) is 18.8 Å². The molecule has 0 atom stereocenters. The highest BCUT2D eigenvalue weighted by Crippen LogP contribution is 2.34. The number of aryl methyl sites for hydroxylation is 2. The zero-order valence-electron chi connectivity index (χ0n) is 15.4. The number of hydrogen-bond donors (Lipinski definition) is 1. The molecule has 1 aliphatic rings. The van der Waals surface area contributed by atoms with Crippen LogP contribution in [0.4, 0.5) is 5.82 Å². The van der Waals surface area contributed by atoms with Gasteiger partial charge in [-0.3, -0.25) is 4.79 Å². The molecule has 3 aromatic rings. The molecule has 2 N–H and O–H groups in total. The highest BCUT2D eigenvalue weighted by atomic mass is 16.5. The van der Waals surface area contributed by atoms with Gasteiger partial charge in [-0.2, -0.15) is 4.98 Å². The summed E-state index contributed by atoms with van der Waals surface area (Å²) in [6.45, 7) is 5.78. The molecule has 3 aromatic heterocycles. The predicted molar refractivity (Wildman–Crippen MR) is 96.6 cm³/mol. The van der Waals surface area contributed by atoms with Crippen molar-refractivity contribution in [1.82, 2.24) is 34.6 Å². The third-order valence-corrected chi connectivity index (χ3v) is 5.26. The lowest BCUT2D eigenvalue weighted by Crippen LogP contribution is -2.44. The molecule has 0 aliphatic carbocycles. The summed E-state index contributed by atoms with van der Waals surface area (Å²) in [5.41, 5.74) is 6.83. The van der Waals surface area contributed by atoms with Gasteiger partial charge in [0.2, 0.25) is 11.8 Å².